The second-order valence-corrected chi connectivity index (χ2v) is 6.20. The molecule has 0 unspecified atom stereocenters. The lowest BCUT2D eigenvalue weighted by Crippen LogP contribution is -2.34. The van der Waals surface area contributed by atoms with Crippen LogP contribution in [-0.4, -0.2) is 39.9 Å². The van der Waals surface area contributed by atoms with E-state index in [-0.39, 0.29) is 10.7 Å². The number of halogens is 2. The average molecular weight is 310 g/mol. The second kappa shape index (κ2) is 7.04. The van der Waals surface area contributed by atoms with Gasteiger partial charge >= 0.3 is 10.2 Å². The summed E-state index contributed by atoms with van der Waals surface area (Å²) in [5.41, 5.74) is 0.229. The van der Waals surface area contributed by atoms with Crippen LogP contribution in [0.5, 0.6) is 0 Å². The van der Waals surface area contributed by atoms with Crippen LogP contribution < -0.4 is 10.0 Å². The number of hydrogen-bond donors (Lipinski definition) is 2. The Bertz CT molecular complexity index is 525. The summed E-state index contributed by atoms with van der Waals surface area (Å²) in [5.74, 6) is -0.591. The van der Waals surface area contributed by atoms with Crippen molar-refractivity contribution >= 4 is 27.5 Å². The predicted octanol–water partition coefficient (Wildman–Crippen LogP) is 1.68. The molecular weight excluding hydrogens is 293 g/mol. The van der Waals surface area contributed by atoms with E-state index in [1.807, 2.05) is 0 Å². The molecule has 0 bridgehead atoms. The van der Waals surface area contributed by atoms with Crippen LogP contribution in [0.15, 0.2) is 18.2 Å². The molecule has 108 valence electrons. The van der Waals surface area contributed by atoms with E-state index in [0.29, 0.717) is 13.0 Å². The first kappa shape index (κ1) is 16.2. The lowest BCUT2D eigenvalue weighted by molar-refractivity contribution is 0.462. The van der Waals surface area contributed by atoms with Crippen LogP contribution in [0.2, 0.25) is 5.02 Å². The molecular formula is C11H17ClFN3O2S. The quantitative estimate of drug-likeness (QED) is 0.753. The van der Waals surface area contributed by atoms with E-state index in [0.717, 1.165) is 12.6 Å². The number of benzene rings is 1. The van der Waals surface area contributed by atoms with Gasteiger partial charge in [-0.3, -0.25) is 4.72 Å². The topological polar surface area (TPSA) is 61.4 Å². The molecule has 1 aromatic rings. The molecule has 0 fully saturated rings. The lowest BCUT2D eigenvalue weighted by atomic mass is 10.3. The zero-order valence-corrected chi connectivity index (χ0v) is 12.4. The van der Waals surface area contributed by atoms with Gasteiger partial charge in [-0.1, -0.05) is 11.6 Å². The minimum Gasteiger partial charge on any atom is -0.320 e. The van der Waals surface area contributed by atoms with Gasteiger partial charge in [-0.15, -0.1) is 0 Å². The molecule has 0 amide bonds. The van der Waals surface area contributed by atoms with Crippen molar-refractivity contribution in [2.45, 2.75) is 6.42 Å². The van der Waals surface area contributed by atoms with Gasteiger partial charge in [0.15, 0.2) is 0 Å². The Morgan fingerprint density at radius 2 is 2.11 bits per heavy atom. The van der Waals surface area contributed by atoms with Gasteiger partial charge in [0.2, 0.25) is 0 Å². The summed E-state index contributed by atoms with van der Waals surface area (Å²) in [6.45, 7) is 1.10. The smallest absolute Gasteiger partial charge is 0.301 e. The number of anilines is 1. The molecule has 0 aromatic heterocycles. The first-order valence-electron chi connectivity index (χ1n) is 5.70. The van der Waals surface area contributed by atoms with Gasteiger partial charge in [-0.05, 0) is 38.2 Å². The molecule has 2 N–H and O–H groups in total. The van der Waals surface area contributed by atoms with Crippen LogP contribution in [0.25, 0.3) is 0 Å². The van der Waals surface area contributed by atoms with Crippen molar-refractivity contribution in [3.63, 3.8) is 0 Å². The largest absolute Gasteiger partial charge is 0.320 e. The molecule has 0 saturated carbocycles. The molecule has 0 aliphatic carbocycles. The maximum Gasteiger partial charge on any atom is 0.301 e. The Hall–Kier alpha value is -0.890. The molecule has 1 aromatic carbocycles. The highest BCUT2D eigenvalue weighted by atomic mass is 35.5. The molecule has 1 rings (SSSR count). The third-order valence-corrected chi connectivity index (χ3v) is 4.26. The highest BCUT2D eigenvalue weighted by Crippen LogP contribution is 2.20. The second-order valence-electron chi connectivity index (χ2n) is 4.01. The summed E-state index contributed by atoms with van der Waals surface area (Å²) in [7, 11) is -0.375. The maximum absolute atomic E-state index is 13.0. The molecule has 5 nitrogen and oxygen atoms in total. The van der Waals surface area contributed by atoms with Crippen LogP contribution >= 0.6 is 11.6 Å². The Labute approximate surface area is 117 Å². The van der Waals surface area contributed by atoms with Gasteiger partial charge in [0.1, 0.15) is 5.82 Å². The lowest BCUT2D eigenvalue weighted by Gasteiger charge is -2.18. The summed E-state index contributed by atoms with van der Waals surface area (Å²) in [5, 5.41) is 2.81. The van der Waals surface area contributed by atoms with Gasteiger partial charge in [-0.2, -0.15) is 12.7 Å². The van der Waals surface area contributed by atoms with Gasteiger partial charge in [0.05, 0.1) is 10.7 Å². The average Bonchev–Trinajstić information content (AvgIpc) is 2.33. The first-order chi connectivity index (χ1) is 8.86. The van der Waals surface area contributed by atoms with Crippen LogP contribution in [-0.2, 0) is 10.2 Å². The number of nitrogens with zero attached hydrogens (tertiary/aromatic N) is 1. The van der Waals surface area contributed by atoms with Crippen molar-refractivity contribution in [1.82, 2.24) is 9.62 Å². The molecule has 8 heteroatoms. The normalized spacial score (nSPS) is 11.8. The van der Waals surface area contributed by atoms with Crippen molar-refractivity contribution in [1.29, 1.82) is 0 Å². The van der Waals surface area contributed by atoms with Crippen LogP contribution in [0, 0.1) is 5.82 Å². The SMILES string of the molecule is CNCCCN(C)S(=O)(=O)Nc1ccc(F)c(Cl)c1. The van der Waals surface area contributed by atoms with Crippen molar-refractivity contribution < 1.29 is 12.8 Å². The van der Waals surface area contributed by atoms with E-state index in [1.54, 1.807) is 7.05 Å². The van der Waals surface area contributed by atoms with Crippen LogP contribution in [0.4, 0.5) is 10.1 Å². The Kier molecular flexibility index (Phi) is 5.99. The Morgan fingerprint density at radius 1 is 1.42 bits per heavy atom. The zero-order chi connectivity index (χ0) is 14.5. The van der Waals surface area contributed by atoms with Crippen molar-refractivity contribution in [2.75, 3.05) is 31.9 Å². The van der Waals surface area contributed by atoms with E-state index in [9.17, 15) is 12.8 Å². The van der Waals surface area contributed by atoms with E-state index in [2.05, 4.69) is 10.0 Å². The van der Waals surface area contributed by atoms with E-state index in [1.165, 1.54) is 23.5 Å². The predicted molar refractivity (Wildman–Crippen MR) is 75.1 cm³/mol. The van der Waals surface area contributed by atoms with E-state index < -0.39 is 16.0 Å². The summed E-state index contributed by atoms with van der Waals surface area (Å²) >= 11 is 5.59. The molecule has 0 aliphatic heterocycles. The highest BCUT2D eigenvalue weighted by Gasteiger charge is 2.17. The van der Waals surface area contributed by atoms with E-state index >= 15 is 0 Å². The highest BCUT2D eigenvalue weighted by molar-refractivity contribution is 7.90. The summed E-state index contributed by atoms with van der Waals surface area (Å²) < 4.78 is 40.4. The molecule has 0 saturated heterocycles. The first-order valence-corrected chi connectivity index (χ1v) is 7.52. The summed E-state index contributed by atoms with van der Waals surface area (Å²) in [6, 6.07) is 3.66. The molecule has 0 atom stereocenters. The monoisotopic (exact) mass is 309 g/mol. The minimum atomic E-state index is -3.65. The fourth-order valence-corrected chi connectivity index (χ4v) is 2.52. The zero-order valence-electron chi connectivity index (χ0n) is 10.8. The van der Waals surface area contributed by atoms with Crippen molar-refractivity contribution in [3.05, 3.63) is 29.0 Å². The van der Waals surface area contributed by atoms with Crippen LogP contribution in [0.3, 0.4) is 0 Å². The standard InChI is InChI=1S/C11H17ClFN3O2S/c1-14-6-3-7-16(2)19(17,18)15-9-4-5-11(13)10(12)8-9/h4-5,8,14-15H,3,6-7H2,1-2H3. The molecule has 0 aliphatic rings. The van der Waals surface area contributed by atoms with Crippen molar-refractivity contribution in [2.24, 2.45) is 0 Å². The molecule has 0 heterocycles. The third kappa shape index (κ3) is 4.94. The van der Waals surface area contributed by atoms with Crippen molar-refractivity contribution in [3.8, 4) is 0 Å². The molecule has 19 heavy (non-hydrogen) atoms. The minimum absolute atomic E-state index is 0.127. The van der Waals surface area contributed by atoms with Gasteiger partial charge in [0.25, 0.3) is 0 Å². The summed E-state index contributed by atoms with van der Waals surface area (Å²) in [6.07, 6.45) is 0.693. The molecule has 0 spiro atoms. The summed E-state index contributed by atoms with van der Waals surface area (Å²) in [4.78, 5) is 0. The Balaban J connectivity index is 2.70. The number of hydrogen-bond acceptors (Lipinski definition) is 3. The van der Waals surface area contributed by atoms with E-state index in [4.69, 9.17) is 11.6 Å². The fraction of sp³-hybridized carbons (Fsp3) is 0.455. The third-order valence-electron chi connectivity index (χ3n) is 2.48. The number of rotatable bonds is 7. The van der Waals surface area contributed by atoms with Gasteiger partial charge in [-0.25, -0.2) is 4.39 Å². The Morgan fingerprint density at radius 3 is 2.68 bits per heavy atom. The number of nitrogens with one attached hydrogen (secondary N) is 2. The van der Waals surface area contributed by atoms with Crippen LogP contribution in [0.1, 0.15) is 6.42 Å². The van der Waals surface area contributed by atoms with Gasteiger partial charge < -0.3 is 5.32 Å². The molecule has 0 radical (unpaired) electrons. The van der Waals surface area contributed by atoms with Gasteiger partial charge in [0, 0.05) is 13.6 Å². The fourth-order valence-electron chi connectivity index (χ4n) is 1.39. The maximum atomic E-state index is 13.0.